The van der Waals surface area contributed by atoms with Crippen LogP contribution < -0.4 is 0 Å². The Morgan fingerprint density at radius 3 is 2.65 bits per heavy atom. The van der Waals surface area contributed by atoms with Crippen molar-refractivity contribution in [3.8, 4) is 0 Å². The molecule has 1 aliphatic carbocycles. The lowest BCUT2D eigenvalue weighted by molar-refractivity contribution is 0.331. The Hall–Kier alpha value is -1.30. The Labute approximate surface area is 124 Å². The van der Waals surface area contributed by atoms with Crippen LogP contribution in [0.5, 0.6) is 0 Å². The molecule has 0 N–H and O–H groups in total. The summed E-state index contributed by atoms with van der Waals surface area (Å²) in [4.78, 5) is 0. The Kier molecular flexibility index (Phi) is 5.64. The average molecular weight is 268 g/mol. The second-order valence-electron chi connectivity index (χ2n) is 6.51. The highest BCUT2D eigenvalue weighted by atomic mass is 14.3. The van der Waals surface area contributed by atoms with Gasteiger partial charge in [-0.2, -0.15) is 0 Å². The van der Waals surface area contributed by atoms with Crippen molar-refractivity contribution in [2.45, 2.75) is 46.0 Å². The molecule has 0 heterocycles. The first-order valence-corrected chi connectivity index (χ1v) is 8.03. The topological polar surface area (TPSA) is 0 Å². The van der Waals surface area contributed by atoms with Gasteiger partial charge in [-0.15, -0.1) is 0 Å². The van der Waals surface area contributed by atoms with Gasteiger partial charge in [-0.3, -0.25) is 0 Å². The van der Waals surface area contributed by atoms with Crippen LogP contribution in [0.25, 0.3) is 0 Å². The lowest BCUT2D eigenvalue weighted by Gasteiger charge is -2.29. The highest BCUT2D eigenvalue weighted by Crippen LogP contribution is 2.34. The fourth-order valence-electron chi connectivity index (χ4n) is 3.45. The molecule has 3 atom stereocenters. The molecule has 1 aromatic rings. The molecule has 0 saturated carbocycles. The van der Waals surface area contributed by atoms with Crippen LogP contribution in [-0.2, 0) is 6.42 Å². The van der Waals surface area contributed by atoms with Crippen molar-refractivity contribution in [2.24, 2.45) is 17.8 Å². The minimum absolute atomic E-state index is 0.658. The van der Waals surface area contributed by atoms with Gasteiger partial charge in [0.15, 0.2) is 0 Å². The predicted octanol–water partition coefficient (Wildman–Crippen LogP) is 5.80. The fraction of sp³-hybridized carbons (Fsp3) is 0.500. The van der Waals surface area contributed by atoms with Gasteiger partial charge in [-0.05, 0) is 62.3 Å². The van der Waals surface area contributed by atoms with Crippen LogP contribution in [0, 0.1) is 17.8 Å². The Morgan fingerprint density at radius 1 is 1.30 bits per heavy atom. The molecule has 0 fully saturated rings. The van der Waals surface area contributed by atoms with Gasteiger partial charge in [-0.25, -0.2) is 0 Å². The SMILES string of the molecule is C=C(C)C(C[C@@H](C)Cc1ccccc1)C1C=CCCC1. The second kappa shape index (κ2) is 7.47. The third kappa shape index (κ3) is 4.37. The van der Waals surface area contributed by atoms with Crippen LogP contribution in [0.4, 0.5) is 0 Å². The normalized spacial score (nSPS) is 21.4. The van der Waals surface area contributed by atoms with Gasteiger partial charge in [-0.1, -0.05) is 61.6 Å². The fourth-order valence-corrected chi connectivity index (χ4v) is 3.45. The first-order chi connectivity index (χ1) is 9.66. The highest BCUT2D eigenvalue weighted by Gasteiger charge is 2.23. The molecule has 0 spiro atoms. The zero-order valence-corrected chi connectivity index (χ0v) is 13.0. The van der Waals surface area contributed by atoms with E-state index in [1.807, 2.05) is 0 Å². The van der Waals surface area contributed by atoms with Gasteiger partial charge >= 0.3 is 0 Å². The number of allylic oxidation sites excluding steroid dienone is 3. The monoisotopic (exact) mass is 268 g/mol. The summed E-state index contributed by atoms with van der Waals surface area (Å²) >= 11 is 0. The summed E-state index contributed by atoms with van der Waals surface area (Å²) in [5.74, 6) is 2.10. The lowest BCUT2D eigenvalue weighted by Crippen LogP contribution is -2.19. The van der Waals surface area contributed by atoms with Crippen molar-refractivity contribution in [3.05, 3.63) is 60.2 Å². The van der Waals surface area contributed by atoms with Crippen molar-refractivity contribution < 1.29 is 0 Å². The van der Waals surface area contributed by atoms with E-state index in [2.05, 4.69) is 62.9 Å². The first-order valence-electron chi connectivity index (χ1n) is 8.03. The van der Waals surface area contributed by atoms with Crippen LogP contribution in [-0.4, -0.2) is 0 Å². The summed E-state index contributed by atoms with van der Waals surface area (Å²) in [6.45, 7) is 8.85. The van der Waals surface area contributed by atoms with Gasteiger partial charge in [0.1, 0.15) is 0 Å². The van der Waals surface area contributed by atoms with Crippen molar-refractivity contribution in [2.75, 3.05) is 0 Å². The lowest BCUT2D eigenvalue weighted by atomic mass is 9.76. The van der Waals surface area contributed by atoms with E-state index in [4.69, 9.17) is 0 Å². The van der Waals surface area contributed by atoms with Gasteiger partial charge in [0.05, 0.1) is 0 Å². The highest BCUT2D eigenvalue weighted by molar-refractivity contribution is 5.15. The summed E-state index contributed by atoms with van der Waals surface area (Å²) < 4.78 is 0. The minimum Gasteiger partial charge on any atom is -0.0998 e. The molecule has 1 aromatic carbocycles. The van der Waals surface area contributed by atoms with E-state index in [-0.39, 0.29) is 0 Å². The molecule has 0 nitrogen and oxygen atoms in total. The third-order valence-corrected chi connectivity index (χ3v) is 4.52. The molecular weight excluding hydrogens is 240 g/mol. The minimum atomic E-state index is 0.658. The van der Waals surface area contributed by atoms with Crippen LogP contribution in [0.3, 0.4) is 0 Å². The maximum absolute atomic E-state index is 4.26. The molecule has 0 aromatic heterocycles. The number of rotatable bonds is 6. The molecule has 20 heavy (non-hydrogen) atoms. The number of benzene rings is 1. The van der Waals surface area contributed by atoms with E-state index in [1.54, 1.807) is 0 Å². The Morgan fingerprint density at radius 2 is 2.05 bits per heavy atom. The first kappa shape index (κ1) is 15.1. The molecular formula is C20H28. The van der Waals surface area contributed by atoms with Crippen LogP contribution in [0.15, 0.2) is 54.6 Å². The molecule has 108 valence electrons. The predicted molar refractivity (Wildman–Crippen MR) is 88.7 cm³/mol. The smallest absolute Gasteiger partial charge is 0.0143 e. The van der Waals surface area contributed by atoms with E-state index >= 15 is 0 Å². The van der Waals surface area contributed by atoms with Gasteiger partial charge in [0.2, 0.25) is 0 Å². The van der Waals surface area contributed by atoms with Crippen LogP contribution >= 0.6 is 0 Å². The summed E-state index contributed by atoms with van der Waals surface area (Å²) in [7, 11) is 0. The van der Waals surface area contributed by atoms with E-state index in [1.165, 1.54) is 43.2 Å². The van der Waals surface area contributed by atoms with Crippen molar-refractivity contribution in [1.29, 1.82) is 0 Å². The number of hydrogen-bond donors (Lipinski definition) is 0. The quantitative estimate of drug-likeness (QED) is 0.572. The number of hydrogen-bond acceptors (Lipinski definition) is 0. The molecule has 0 saturated heterocycles. The van der Waals surface area contributed by atoms with E-state index in [0.717, 1.165) is 11.8 Å². The molecule has 1 aliphatic rings. The summed E-state index contributed by atoms with van der Waals surface area (Å²) in [5, 5.41) is 0. The summed E-state index contributed by atoms with van der Waals surface area (Å²) in [5.41, 5.74) is 2.82. The summed E-state index contributed by atoms with van der Waals surface area (Å²) in [6.07, 6.45) is 11.2. The summed E-state index contributed by atoms with van der Waals surface area (Å²) in [6, 6.07) is 10.9. The van der Waals surface area contributed by atoms with Gasteiger partial charge in [0.25, 0.3) is 0 Å². The van der Waals surface area contributed by atoms with Crippen molar-refractivity contribution in [1.82, 2.24) is 0 Å². The Bertz CT molecular complexity index is 440. The van der Waals surface area contributed by atoms with Crippen LogP contribution in [0.2, 0.25) is 0 Å². The van der Waals surface area contributed by atoms with E-state index < -0.39 is 0 Å². The molecule has 0 radical (unpaired) electrons. The molecule has 0 aliphatic heterocycles. The molecule has 0 bridgehead atoms. The Balaban J connectivity index is 1.95. The van der Waals surface area contributed by atoms with E-state index in [0.29, 0.717) is 5.92 Å². The average Bonchev–Trinajstić information content (AvgIpc) is 2.46. The molecule has 2 unspecified atom stereocenters. The molecule has 0 amide bonds. The molecule has 0 heteroatoms. The van der Waals surface area contributed by atoms with Gasteiger partial charge < -0.3 is 0 Å². The standard InChI is InChI=1S/C20H28/c1-16(2)20(19-12-8-5-9-13-19)15-17(3)14-18-10-6-4-7-11-18/h4,6-8,10-12,17,19-20H,1,5,9,13-15H2,2-3H3/t17-,19?,20?/m0/s1. The molecule has 2 rings (SSSR count). The zero-order chi connectivity index (χ0) is 14.4. The van der Waals surface area contributed by atoms with E-state index in [9.17, 15) is 0 Å². The maximum atomic E-state index is 4.26. The maximum Gasteiger partial charge on any atom is -0.0143 e. The van der Waals surface area contributed by atoms with Crippen LogP contribution in [0.1, 0.15) is 45.1 Å². The third-order valence-electron chi connectivity index (χ3n) is 4.52. The zero-order valence-electron chi connectivity index (χ0n) is 13.0. The largest absolute Gasteiger partial charge is 0.0998 e. The van der Waals surface area contributed by atoms with Crippen molar-refractivity contribution >= 4 is 0 Å². The van der Waals surface area contributed by atoms with Crippen molar-refractivity contribution in [3.63, 3.8) is 0 Å². The second-order valence-corrected chi connectivity index (χ2v) is 6.51. The van der Waals surface area contributed by atoms with Gasteiger partial charge in [0, 0.05) is 0 Å².